The number of imidazole rings is 1. The van der Waals surface area contributed by atoms with Crippen LogP contribution in [0.3, 0.4) is 0 Å². The number of hydrogen-bond donors (Lipinski definition) is 0. The van der Waals surface area contributed by atoms with Gasteiger partial charge in [0.05, 0.1) is 0 Å². The van der Waals surface area contributed by atoms with Gasteiger partial charge in [0.1, 0.15) is 23.8 Å². The molecule has 6 aromatic carbocycles. The van der Waals surface area contributed by atoms with Gasteiger partial charge in [-0.05, 0) is 80.0 Å². The number of hydrogen-bond acceptors (Lipinski definition) is 0. The third kappa shape index (κ3) is 10.7. The minimum Gasteiger partial charge on any atom is -0.201 e. The van der Waals surface area contributed by atoms with E-state index in [1.807, 2.05) is 0 Å². The molecule has 0 bridgehead atoms. The van der Waals surface area contributed by atoms with E-state index >= 15 is 0 Å². The van der Waals surface area contributed by atoms with Crippen LogP contribution in [0.4, 0.5) is 0 Å². The van der Waals surface area contributed by atoms with Gasteiger partial charge >= 0.3 is 0 Å². The Morgan fingerprint density at radius 2 is 0.627 bits per heavy atom. The molecule has 7 rings (SSSR count). The second-order valence-electron chi connectivity index (χ2n) is 24.2. The number of benzene rings is 6. The summed E-state index contributed by atoms with van der Waals surface area (Å²) < 4.78 is 4.87. The van der Waals surface area contributed by atoms with E-state index in [4.69, 9.17) is 0 Å². The third-order valence-corrected chi connectivity index (χ3v) is 14.8. The molecule has 0 spiro atoms. The maximum Gasteiger partial charge on any atom is 0.254 e. The molecule has 0 N–H and O–H groups in total. The van der Waals surface area contributed by atoms with Crippen LogP contribution in [-0.4, -0.2) is 4.57 Å². The topological polar surface area (TPSA) is 8.81 Å². The third-order valence-electron chi connectivity index (χ3n) is 14.8. The summed E-state index contributed by atoms with van der Waals surface area (Å²) in [7, 11) is 0. The van der Waals surface area contributed by atoms with Gasteiger partial charge < -0.3 is 0 Å². The molecule has 0 aliphatic heterocycles. The standard InChI is InChI=1S/C65H81N2/c1-42-37-56(44(3)48-19-27-52(28-20-48)62(7,8)9)60(57(38-42)45(4)49-21-29-53(30-22-49)63(10,11)12)66-35-36-67(41-66)61-58(46(5)50-23-31-54(32-24-50)64(13,14)15)39-43(2)40-59(61)47(6)51-25-33-55(34-26-51)65(16,17)18/h19-41,44-47H,1-18H3/q+1/t44-,45-,46-,47-/m1/s1. The Morgan fingerprint density at radius 1 is 0.373 bits per heavy atom. The molecule has 0 saturated heterocycles. The van der Waals surface area contributed by atoms with Gasteiger partial charge in [0, 0.05) is 45.9 Å². The highest BCUT2D eigenvalue weighted by Crippen LogP contribution is 2.41. The van der Waals surface area contributed by atoms with Crippen LogP contribution in [0.15, 0.2) is 140 Å². The summed E-state index contributed by atoms with van der Waals surface area (Å²) in [5, 5.41) is 0. The second-order valence-corrected chi connectivity index (χ2v) is 24.2. The molecular formula is C65H81N2+. The average Bonchev–Trinajstić information content (AvgIpc) is 3.76. The van der Waals surface area contributed by atoms with Crippen molar-refractivity contribution in [1.29, 1.82) is 0 Å². The van der Waals surface area contributed by atoms with Gasteiger partial charge in [-0.2, -0.15) is 0 Å². The summed E-state index contributed by atoms with van der Waals surface area (Å²) in [5.41, 5.74) is 21.5. The summed E-state index contributed by atoms with van der Waals surface area (Å²) >= 11 is 0. The molecule has 0 amide bonds. The molecule has 7 aromatic rings. The van der Waals surface area contributed by atoms with Gasteiger partial charge in [-0.1, -0.05) is 243 Å². The number of nitrogens with zero attached hydrogens (tertiary/aromatic N) is 2. The second kappa shape index (κ2) is 18.6. The Balaban J connectivity index is 1.45. The first-order chi connectivity index (χ1) is 31.2. The Kier molecular flexibility index (Phi) is 13.7. The van der Waals surface area contributed by atoms with Crippen LogP contribution in [-0.2, 0) is 21.7 Å². The van der Waals surface area contributed by atoms with Crippen LogP contribution < -0.4 is 4.57 Å². The molecule has 0 aliphatic rings. The van der Waals surface area contributed by atoms with Crippen molar-refractivity contribution in [1.82, 2.24) is 4.57 Å². The first-order valence-electron chi connectivity index (χ1n) is 25.0. The van der Waals surface area contributed by atoms with E-state index in [1.165, 1.54) is 89.3 Å². The maximum absolute atomic E-state index is 2.44. The summed E-state index contributed by atoms with van der Waals surface area (Å²) in [6.07, 6.45) is 6.98. The van der Waals surface area contributed by atoms with E-state index in [9.17, 15) is 0 Å². The predicted molar refractivity (Wildman–Crippen MR) is 287 cm³/mol. The Morgan fingerprint density at radius 3 is 0.896 bits per heavy atom. The lowest BCUT2D eigenvalue weighted by atomic mass is 9.81. The lowest BCUT2D eigenvalue weighted by Crippen LogP contribution is -2.32. The molecule has 2 heteroatoms. The molecular weight excluding hydrogens is 809 g/mol. The largest absolute Gasteiger partial charge is 0.254 e. The molecule has 0 fully saturated rings. The monoisotopic (exact) mass is 890 g/mol. The van der Waals surface area contributed by atoms with E-state index < -0.39 is 0 Å². The van der Waals surface area contributed by atoms with Gasteiger partial charge in [-0.3, -0.25) is 0 Å². The Bertz CT molecular complexity index is 2440. The molecule has 1 aromatic heterocycles. The number of aromatic nitrogens is 2. The van der Waals surface area contributed by atoms with Crippen LogP contribution in [0.25, 0.3) is 11.4 Å². The summed E-state index contributed by atoms with van der Waals surface area (Å²) in [6, 6.07) is 47.3. The van der Waals surface area contributed by atoms with Crippen molar-refractivity contribution in [2.24, 2.45) is 0 Å². The molecule has 1 heterocycles. The van der Waals surface area contributed by atoms with Crippen molar-refractivity contribution < 1.29 is 4.57 Å². The summed E-state index contributed by atoms with van der Waals surface area (Å²) in [4.78, 5) is 0. The highest BCUT2D eigenvalue weighted by atomic mass is 15.1. The lowest BCUT2D eigenvalue weighted by molar-refractivity contribution is -0.596. The highest BCUT2D eigenvalue weighted by molar-refractivity contribution is 5.58. The lowest BCUT2D eigenvalue weighted by Gasteiger charge is -2.25. The van der Waals surface area contributed by atoms with Gasteiger partial charge in [-0.15, -0.1) is 0 Å². The normalized spacial score (nSPS) is 14.5. The summed E-state index contributed by atoms with van der Waals surface area (Å²) in [5.74, 6) is 0.636. The average molecular weight is 890 g/mol. The van der Waals surface area contributed by atoms with Crippen molar-refractivity contribution in [3.8, 4) is 11.4 Å². The van der Waals surface area contributed by atoms with Crippen molar-refractivity contribution >= 4 is 0 Å². The minimum atomic E-state index is 0.0919. The van der Waals surface area contributed by atoms with Crippen molar-refractivity contribution in [3.05, 3.63) is 218 Å². The SMILES string of the molecule is Cc1cc([C@H](C)c2ccc(C(C)(C)C)cc2)c(-n2cc[n+](-c3c([C@H](C)c4ccc(C(C)(C)C)cc4)cc(C)cc3[C@H](C)c3ccc(C(C)(C)C)cc3)c2)c([C@H](C)c2ccc(C(C)(C)C)cc2)c1. The van der Waals surface area contributed by atoms with Gasteiger partial charge in [-0.25, -0.2) is 9.13 Å². The highest BCUT2D eigenvalue weighted by Gasteiger charge is 2.30. The van der Waals surface area contributed by atoms with Crippen molar-refractivity contribution in [2.45, 2.75) is 170 Å². The number of rotatable bonds is 10. The molecule has 350 valence electrons. The van der Waals surface area contributed by atoms with Crippen LogP contribution in [0.2, 0.25) is 0 Å². The van der Waals surface area contributed by atoms with E-state index in [2.05, 4.69) is 274 Å². The fraction of sp³-hybridized carbons (Fsp3) is 0.400. The minimum absolute atomic E-state index is 0.0919. The molecule has 0 radical (unpaired) electrons. The van der Waals surface area contributed by atoms with Gasteiger partial charge in [0.25, 0.3) is 6.33 Å². The number of aryl methyl sites for hydroxylation is 2. The summed E-state index contributed by atoms with van der Waals surface area (Å²) in [6.45, 7) is 41.7. The molecule has 0 saturated carbocycles. The van der Waals surface area contributed by atoms with Gasteiger partial charge in [0.15, 0.2) is 0 Å². The molecule has 0 unspecified atom stereocenters. The van der Waals surface area contributed by atoms with Crippen LogP contribution >= 0.6 is 0 Å². The molecule has 4 atom stereocenters. The smallest absolute Gasteiger partial charge is 0.201 e. The fourth-order valence-corrected chi connectivity index (χ4v) is 10.0. The van der Waals surface area contributed by atoms with Crippen LogP contribution in [0.1, 0.15) is 212 Å². The van der Waals surface area contributed by atoms with Crippen molar-refractivity contribution in [3.63, 3.8) is 0 Å². The quantitative estimate of drug-likeness (QED) is 0.121. The molecule has 67 heavy (non-hydrogen) atoms. The van der Waals surface area contributed by atoms with Gasteiger partial charge in [0.2, 0.25) is 0 Å². The van der Waals surface area contributed by atoms with Crippen LogP contribution in [0.5, 0.6) is 0 Å². The first kappa shape index (κ1) is 49.4. The van der Waals surface area contributed by atoms with E-state index in [0.29, 0.717) is 0 Å². The first-order valence-corrected chi connectivity index (χ1v) is 25.0. The van der Waals surface area contributed by atoms with Crippen LogP contribution in [0, 0.1) is 13.8 Å². The maximum atomic E-state index is 2.44. The zero-order valence-corrected chi connectivity index (χ0v) is 44.5. The van der Waals surface area contributed by atoms with E-state index in [-0.39, 0.29) is 45.3 Å². The molecule has 0 aliphatic carbocycles. The zero-order chi connectivity index (χ0) is 49.0. The Labute approximate surface area is 406 Å². The zero-order valence-electron chi connectivity index (χ0n) is 44.5. The van der Waals surface area contributed by atoms with Crippen molar-refractivity contribution in [2.75, 3.05) is 0 Å². The molecule has 2 nitrogen and oxygen atoms in total. The predicted octanol–water partition coefficient (Wildman–Crippen LogP) is 17.2. The fourth-order valence-electron chi connectivity index (χ4n) is 10.0. The van der Waals surface area contributed by atoms with E-state index in [1.54, 1.807) is 0 Å². The Hall–Kier alpha value is -5.47. The van der Waals surface area contributed by atoms with E-state index in [0.717, 1.165) is 0 Å².